The normalized spacial score (nSPS) is 15.4. The lowest BCUT2D eigenvalue weighted by atomic mass is 9.95. The summed E-state index contributed by atoms with van der Waals surface area (Å²) in [6.45, 7) is 0.737. The highest BCUT2D eigenvalue weighted by atomic mass is 35.5. The quantitative estimate of drug-likeness (QED) is 0.786. The maximum absolute atomic E-state index is 12.6. The summed E-state index contributed by atoms with van der Waals surface area (Å²) < 4.78 is 37.9. The summed E-state index contributed by atoms with van der Waals surface area (Å²) in [5, 5.41) is 3.34. The van der Waals surface area contributed by atoms with Gasteiger partial charge in [0.1, 0.15) is 0 Å². The number of nitrogens with one attached hydrogen (secondary N) is 1. The van der Waals surface area contributed by atoms with Crippen LogP contribution in [-0.2, 0) is 11.0 Å². The number of amides is 2. The molecular formula is C20H18ClF3N2O2. The van der Waals surface area contributed by atoms with E-state index in [2.05, 4.69) is 5.32 Å². The van der Waals surface area contributed by atoms with Crippen molar-refractivity contribution in [3.05, 3.63) is 64.7 Å². The number of carbonyl (C=O) groups is 2. The summed E-state index contributed by atoms with van der Waals surface area (Å²) in [5.41, 5.74) is 0.0241. The van der Waals surface area contributed by atoms with Crippen molar-refractivity contribution in [3.8, 4) is 0 Å². The molecule has 0 bridgehead atoms. The van der Waals surface area contributed by atoms with E-state index in [9.17, 15) is 22.8 Å². The fraction of sp³-hybridized carbons (Fsp3) is 0.300. The summed E-state index contributed by atoms with van der Waals surface area (Å²) >= 11 is 5.90. The van der Waals surface area contributed by atoms with Crippen LogP contribution in [0.15, 0.2) is 48.5 Å². The first-order valence-electron chi connectivity index (χ1n) is 8.77. The molecule has 1 aliphatic heterocycles. The minimum absolute atomic E-state index is 0.135. The number of hydrogen-bond donors (Lipinski definition) is 1. The fourth-order valence-electron chi connectivity index (χ4n) is 3.14. The van der Waals surface area contributed by atoms with Crippen LogP contribution < -0.4 is 5.32 Å². The fourth-order valence-corrected chi connectivity index (χ4v) is 3.33. The molecule has 1 saturated heterocycles. The molecule has 0 spiro atoms. The molecule has 3 rings (SSSR count). The van der Waals surface area contributed by atoms with E-state index in [1.807, 2.05) is 0 Å². The predicted octanol–water partition coefficient (Wildman–Crippen LogP) is 4.85. The largest absolute Gasteiger partial charge is 0.416 e. The minimum Gasteiger partial charge on any atom is -0.339 e. The van der Waals surface area contributed by atoms with Gasteiger partial charge in [0.15, 0.2) is 0 Å². The Bertz CT molecular complexity index is 860. The summed E-state index contributed by atoms with van der Waals surface area (Å²) in [6.07, 6.45) is -3.46. The van der Waals surface area contributed by atoms with Gasteiger partial charge in [0.2, 0.25) is 5.91 Å². The summed E-state index contributed by atoms with van der Waals surface area (Å²) in [4.78, 5) is 26.4. The van der Waals surface area contributed by atoms with Gasteiger partial charge in [0, 0.05) is 35.3 Å². The molecule has 4 nitrogen and oxygen atoms in total. The van der Waals surface area contributed by atoms with Crippen molar-refractivity contribution in [2.45, 2.75) is 19.0 Å². The van der Waals surface area contributed by atoms with Crippen molar-refractivity contribution >= 4 is 29.1 Å². The first-order valence-corrected chi connectivity index (χ1v) is 9.15. The van der Waals surface area contributed by atoms with Crippen LogP contribution in [0.1, 0.15) is 28.8 Å². The molecule has 0 radical (unpaired) electrons. The lowest BCUT2D eigenvalue weighted by molar-refractivity contribution is -0.137. The Morgan fingerprint density at radius 2 is 1.68 bits per heavy atom. The number of rotatable bonds is 3. The van der Waals surface area contributed by atoms with Crippen molar-refractivity contribution in [2.24, 2.45) is 5.92 Å². The van der Waals surface area contributed by atoms with Crippen molar-refractivity contribution < 1.29 is 22.8 Å². The Kier molecular flexibility index (Phi) is 5.93. The van der Waals surface area contributed by atoms with E-state index < -0.39 is 11.7 Å². The van der Waals surface area contributed by atoms with Crippen molar-refractivity contribution in [3.63, 3.8) is 0 Å². The molecule has 1 fully saturated rings. The second-order valence-electron chi connectivity index (χ2n) is 6.64. The number of anilines is 1. The van der Waals surface area contributed by atoms with Gasteiger partial charge >= 0.3 is 6.18 Å². The summed E-state index contributed by atoms with van der Waals surface area (Å²) in [5.74, 6) is -0.707. The van der Waals surface area contributed by atoms with Gasteiger partial charge in [-0.05, 0) is 55.3 Å². The van der Waals surface area contributed by atoms with Crippen LogP contribution in [0.4, 0.5) is 18.9 Å². The van der Waals surface area contributed by atoms with Crippen molar-refractivity contribution in [2.75, 3.05) is 18.4 Å². The Morgan fingerprint density at radius 3 is 2.25 bits per heavy atom. The number of carbonyl (C=O) groups excluding carboxylic acids is 2. The van der Waals surface area contributed by atoms with Crippen LogP contribution in [0.2, 0.25) is 5.02 Å². The third kappa shape index (κ3) is 4.84. The van der Waals surface area contributed by atoms with Crippen LogP contribution in [0.5, 0.6) is 0 Å². The first kappa shape index (κ1) is 20.2. The van der Waals surface area contributed by atoms with Crippen LogP contribution >= 0.6 is 11.6 Å². The Hall–Kier alpha value is -2.54. The molecule has 0 aliphatic carbocycles. The predicted molar refractivity (Wildman–Crippen MR) is 100 cm³/mol. The standard InChI is InChI=1S/C20H18ClF3N2O2/c21-16-2-1-3-17(12-16)25-18(27)13-8-10-26(11-9-13)19(28)14-4-6-15(7-5-14)20(22,23)24/h1-7,12-13H,8-11H2,(H,25,27). The van der Waals surface area contributed by atoms with Crippen LogP contribution in [0.25, 0.3) is 0 Å². The Balaban J connectivity index is 1.56. The van der Waals surface area contributed by atoms with Gasteiger partial charge < -0.3 is 10.2 Å². The Labute approximate surface area is 165 Å². The molecule has 2 aromatic carbocycles. The molecule has 0 saturated carbocycles. The summed E-state index contributed by atoms with van der Waals surface area (Å²) in [6, 6.07) is 11.0. The van der Waals surface area contributed by atoms with Gasteiger partial charge in [0.25, 0.3) is 5.91 Å². The van der Waals surface area contributed by atoms with E-state index >= 15 is 0 Å². The highest BCUT2D eigenvalue weighted by molar-refractivity contribution is 6.30. The smallest absolute Gasteiger partial charge is 0.339 e. The lowest BCUT2D eigenvalue weighted by Crippen LogP contribution is -2.41. The molecule has 8 heteroatoms. The molecule has 2 amide bonds. The molecule has 1 heterocycles. The zero-order chi connectivity index (χ0) is 20.3. The monoisotopic (exact) mass is 410 g/mol. The molecule has 148 valence electrons. The SMILES string of the molecule is O=C(Nc1cccc(Cl)c1)C1CCN(C(=O)c2ccc(C(F)(F)F)cc2)CC1. The van der Waals surface area contributed by atoms with Gasteiger partial charge in [0.05, 0.1) is 5.56 Å². The average molecular weight is 411 g/mol. The van der Waals surface area contributed by atoms with E-state index in [4.69, 9.17) is 11.6 Å². The third-order valence-corrected chi connectivity index (χ3v) is 4.94. The van der Waals surface area contributed by atoms with Crippen LogP contribution in [0.3, 0.4) is 0 Å². The zero-order valence-electron chi connectivity index (χ0n) is 14.8. The second kappa shape index (κ2) is 8.22. The molecule has 0 aromatic heterocycles. The molecule has 2 aromatic rings. The molecular weight excluding hydrogens is 393 g/mol. The minimum atomic E-state index is -4.43. The average Bonchev–Trinajstić information content (AvgIpc) is 2.67. The van der Waals surface area contributed by atoms with Crippen molar-refractivity contribution in [1.29, 1.82) is 0 Å². The second-order valence-corrected chi connectivity index (χ2v) is 7.08. The van der Waals surface area contributed by atoms with Gasteiger partial charge in [-0.25, -0.2) is 0 Å². The third-order valence-electron chi connectivity index (χ3n) is 4.70. The number of alkyl halides is 3. The maximum Gasteiger partial charge on any atom is 0.416 e. The van der Waals surface area contributed by atoms with E-state index in [-0.39, 0.29) is 23.3 Å². The topological polar surface area (TPSA) is 49.4 Å². The van der Waals surface area contributed by atoms with E-state index in [0.717, 1.165) is 12.1 Å². The summed E-state index contributed by atoms with van der Waals surface area (Å²) in [7, 11) is 0. The van der Waals surface area contributed by atoms with Gasteiger partial charge in [-0.1, -0.05) is 17.7 Å². The molecule has 28 heavy (non-hydrogen) atoms. The lowest BCUT2D eigenvalue weighted by Gasteiger charge is -2.31. The first-order chi connectivity index (χ1) is 13.2. The Morgan fingerprint density at radius 1 is 1.04 bits per heavy atom. The number of likely N-dealkylation sites (tertiary alicyclic amines) is 1. The molecule has 0 unspecified atom stereocenters. The van der Waals surface area contributed by atoms with Gasteiger partial charge in [-0.3, -0.25) is 9.59 Å². The highest BCUT2D eigenvalue weighted by Gasteiger charge is 2.31. The van der Waals surface area contributed by atoms with Crippen LogP contribution in [0, 0.1) is 5.92 Å². The number of halogens is 4. The maximum atomic E-state index is 12.6. The molecule has 1 aliphatic rings. The van der Waals surface area contributed by atoms with Gasteiger partial charge in [-0.15, -0.1) is 0 Å². The number of hydrogen-bond acceptors (Lipinski definition) is 2. The van der Waals surface area contributed by atoms with Crippen LogP contribution in [-0.4, -0.2) is 29.8 Å². The van der Waals surface area contributed by atoms with E-state index in [1.165, 1.54) is 12.1 Å². The van der Waals surface area contributed by atoms with E-state index in [0.29, 0.717) is 36.6 Å². The number of piperidine rings is 1. The number of benzene rings is 2. The van der Waals surface area contributed by atoms with Crippen molar-refractivity contribution in [1.82, 2.24) is 4.90 Å². The molecule has 0 atom stereocenters. The van der Waals surface area contributed by atoms with Gasteiger partial charge in [-0.2, -0.15) is 13.2 Å². The number of nitrogens with zero attached hydrogens (tertiary/aromatic N) is 1. The highest BCUT2D eigenvalue weighted by Crippen LogP contribution is 2.29. The molecule has 1 N–H and O–H groups in total. The zero-order valence-corrected chi connectivity index (χ0v) is 15.6. The van der Waals surface area contributed by atoms with E-state index in [1.54, 1.807) is 29.2 Å².